The van der Waals surface area contributed by atoms with Gasteiger partial charge in [-0.3, -0.25) is 4.79 Å². The number of carbonyl (C=O) groups excluding carboxylic acids is 1. The minimum Gasteiger partial charge on any atom is -0.391 e. The number of hydrogen-bond acceptors (Lipinski definition) is 3. The summed E-state index contributed by atoms with van der Waals surface area (Å²) in [6, 6.07) is 10.9. The maximum absolute atomic E-state index is 11.8. The van der Waals surface area contributed by atoms with Crippen molar-refractivity contribution in [1.82, 2.24) is 0 Å². The maximum Gasteiger partial charge on any atom is 0.265 e. The van der Waals surface area contributed by atoms with Gasteiger partial charge in [-0.05, 0) is 40.2 Å². The van der Waals surface area contributed by atoms with E-state index in [4.69, 9.17) is 5.73 Å². The van der Waals surface area contributed by atoms with Crippen LogP contribution in [0.4, 0.5) is 10.7 Å². The lowest BCUT2D eigenvalue weighted by atomic mass is 10.3. The van der Waals surface area contributed by atoms with Crippen LogP contribution in [0.5, 0.6) is 0 Å². The molecule has 0 bridgehead atoms. The van der Waals surface area contributed by atoms with Crippen LogP contribution in [-0.4, -0.2) is 5.91 Å². The second-order valence-corrected chi connectivity index (χ2v) is 5.11. The van der Waals surface area contributed by atoms with E-state index in [0.29, 0.717) is 9.88 Å². The largest absolute Gasteiger partial charge is 0.391 e. The predicted molar refractivity (Wildman–Crippen MR) is 70.8 cm³/mol. The molecule has 82 valence electrons. The number of para-hydroxylation sites is 1. The van der Waals surface area contributed by atoms with E-state index >= 15 is 0 Å². The summed E-state index contributed by atoms with van der Waals surface area (Å²) in [5.41, 5.74) is 6.32. The molecule has 1 heterocycles. The predicted octanol–water partition coefficient (Wildman–Crippen LogP) is 3.35. The molecule has 0 spiro atoms. The third-order valence-electron chi connectivity index (χ3n) is 1.97. The molecule has 0 aliphatic carbocycles. The number of hydrogen-bond donors (Lipinski definition) is 2. The van der Waals surface area contributed by atoms with E-state index in [1.54, 1.807) is 12.1 Å². The number of thiophene rings is 1. The van der Waals surface area contributed by atoms with Gasteiger partial charge in [0.15, 0.2) is 0 Å². The van der Waals surface area contributed by atoms with Crippen molar-refractivity contribution < 1.29 is 4.79 Å². The highest BCUT2D eigenvalue weighted by Crippen LogP contribution is 2.24. The zero-order valence-electron chi connectivity index (χ0n) is 8.24. The first-order valence-corrected chi connectivity index (χ1v) is 6.19. The Morgan fingerprint density at radius 2 is 2.00 bits per heavy atom. The van der Waals surface area contributed by atoms with E-state index in [1.165, 1.54) is 11.3 Å². The number of nitrogen functional groups attached to an aromatic ring is 1. The summed E-state index contributed by atoms with van der Waals surface area (Å²) >= 11 is 4.64. The number of halogens is 1. The molecule has 0 unspecified atom stereocenters. The average Bonchev–Trinajstić information content (AvgIpc) is 2.68. The Labute approximate surface area is 105 Å². The van der Waals surface area contributed by atoms with Crippen molar-refractivity contribution in [3.63, 3.8) is 0 Å². The SMILES string of the molecule is Nc1ccc(C(=O)Nc2ccccc2Br)s1. The van der Waals surface area contributed by atoms with Crippen molar-refractivity contribution in [2.24, 2.45) is 0 Å². The third-order valence-corrected chi connectivity index (χ3v) is 3.58. The van der Waals surface area contributed by atoms with Crippen LogP contribution in [0.25, 0.3) is 0 Å². The van der Waals surface area contributed by atoms with Crippen molar-refractivity contribution in [2.45, 2.75) is 0 Å². The fraction of sp³-hybridized carbons (Fsp3) is 0. The lowest BCUT2D eigenvalue weighted by Crippen LogP contribution is -2.10. The van der Waals surface area contributed by atoms with Gasteiger partial charge in [-0.1, -0.05) is 12.1 Å². The van der Waals surface area contributed by atoms with E-state index in [9.17, 15) is 4.79 Å². The Morgan fingerprint density at radius 3 is 2.62 bits per heavy atom. The zero-order valence-corrected chi connectivity index (χ0v) is 10.6. The van der Waals surface area contributed by atoms with Crippen molar-refractivity contribution in [1.29, 1.82) is 0 Å². The summed E-state index contributed by atoms with van der Waals surface area (Å²) in [4.78, 5) is 12.4. The highest BCUT2D eigenvalue weighted by molar-refractivity contribution is 9.10. The van der Waals surface area contributed by atoms with Gasteiger partial charge in [-0.25, -0.2) is 0 Å². The normalized spacial score (nSPS) is 10.1. The van der Waals surface area contributed by atoms with E-state index in [-0.39, 0.29) is 5.91 Å². The fourth-order valence-electron chi connectivity index (χ4n) is 1.22. The van der Waals surface area contributed by atoms with Crippen LogP contribution >= 0.6 is 27.3 Å². The molecule has 1 aromatic heterocycles. The molecule has 16 heavy (non-hydrogen) atoms. The second-order valence-electron chi connectivity index (χ2n) is 3.14. The Kier molecular flexibility index (Phi) is 3.26. The molecule has 5 heteroatoms. The van der Waals surface area contributed by atoms with Crippen molar-refractivity contribution in [3.05, 3.63) is 45.7 Å². The van der Waals surface area contributed by atoms with Gasteiger partial charge in [0.05, 0.1) is 15.6 Å². The third kappa shape index (κ3) is 2.43. The molecular weight excluding hydrogens is 288 g/mol. The molecule has 0 aliphatic rings. The van der Waals surface area contributed by atoms with Crippen LogP contribution in [-0.2, 0) is 0 Å². The number of nitrogens with one attached hydrogen (secondary N) is 1. The zero-order chi connectivity index (χ0) is 11.5. The molecule has 2 aromatic rings. The molecule has 1 amide bonds. The van der Waals surface area contributed by atoms with Crippen LogP contribution in [0.1, 0.15) is 9.67 Å². The molecule has 2 rings (SSSR count). The molecule has 0 radical (unpaired) electrons. The standard InChI is InChI=1S/C11H9BrN2OS/c12-7-3-1-2-4-8(7)14-11(15)9-5-6-10(13)16-9/h1-6H,13H2,(H,14,15). The number of benzene rings is 1. The highest BCUT2D eigenvalue weighted by Gasteiger charge is 2.09. The number of anilines is 2. The van der Waals surface area contributed by atoms with Gasteiger partial charge in [0.25, 0.3) is 5.91 Å². The molecule has 0 aliphatic heterocycles. The van der Waals surface area contributed by atoms with Crippen molar-refractivity contribution in [2.75, 3.05) is 11.1 Å². The average molecular weight is 297 g/mol. The van der Waals surface area contributed by atoms with Crippen LogP contribution in [0, 0.1) is 0 Å². The molecule has 1 aromatic carbocycles. The first-order chi connectivity index (χ1) is 7.66. The van der Waals surface area contributed by atoms with E-state index in [0.717, 1.165) is 10.2 Å². The topological polar surface area (TPSA) is 55.1 Å². The first kappa shape index (κ1) is 11.2. The number of amides is 1. The minimum atomic E-state index is -0.145. The van der Waals surface area contributed by atoms with Crippen molar-refractivity contribution in [3.8, 4) is 0 Å². The smallest absolute Gasteiger partial charge is 0.265 e. The molecular formula is C11H9BrN2OS. The summed E-state index contributed by atoms with van der Waals surface area (Å²) < 4.78 is 0.855. The van der Waals surface area contributed by atoms with Crippen LogP contribution in [0.3, 0.4) is 0 Å². The lowest BCUT2D eigenvalue weighted by Gasteiger charge is -2.05. The quantitative estimate of drug-likeness (QED) is 0.893. The Morgan fingerprint density at radius 1 is 1.25 bits per heavy atom. The van der Waals surface area contributed by atoms with Gasteiger partial charge in [-0.2, -0.15) is 0 Å². The van der Waals surface area contributed by atoms with Crippen LogP contribution in [0.15, 0.2) is 40.9 Å². The van der Waals surface area contributed by atoms with Gasteiger partial charge in [0.1, 0.15) is 0 Å². The van der Waals surface area contributed by atoms with Gasteiger partial charge >= 0.3 is 0 Å². The van der Waals surface area contributed by atoms with Gasteiger partial charge in [-0.15, -0.1) is 11.3 Å². The Bertz CT molecular complexity index is 524. The summed E-state index contributed by atoms with van der Waals surface area (Å²) in [5, 5.41) is 3.45. The monoisotopic (exact) mass is 296 g/mol. The molecule has 0 atom stereocenters. The van der Waals surface area contributed by atoms with E-state index in [2.05, 4.69) is 21.2 Å². The molecule has 0 saturated heterocycles. The molecule has 0 saturated carbocycles. The van der Waals surface area contributed by atoms with E-state index < -0.39 is 0 Å². The summed E-state index contributed by atoms with van der Waals surface area (Å²) in [6.07, 6.45) is 0. The molecule has 3 N–H and O–H groups in total. The number of nitrogens with two attached hydrogens (primary N) is 1. The number of rotatable bonds is 2. The van der Waals surface area contributed by atoms with Gasteiger partial charge in [0, 0.05) is 4.47 Å². The lowest BCUT2D eigenvalue weighted by molar-refractivity contribution is 0.103. The minimum absolute atomic E-state index is 0.145. The fourth-order valence-corrected chi connectivity index (χ4v) is 2.28. The molecule has 3 nitrogen and oxygen atoms in total. The highest BCUT2D eigenvalue weighted by atomic mass is 79.9. The summed E-state index contributed by atoms with van der Waals surface area (Å²) in [7, 11) is 0. The Hall–Kier alpha value is -1.33. The number of carbonyl (C=O) groups is 1. The first-order valence-electron chi connectivity index (χ1n) is 4.58. The molecule has 0 fully saturated rings. The van der Waals surface area contributed by atoms with Gasteiger partial charge < -0.3 is 11.1 Å². The summed E-state index contributed by atoms with van der Waals surface area (Å²) in [6.45, 7) is 0. The maximum atomic E-state index is 11.8. The second kappa shape index (κ2) is 4.67. The van der Waals surface area contributed by atoms with Crippen LogP contribution < -0.4 is 11.1 Å². The van der Waals surface area contributed by atoms with Crippen LogP contribution in [0.2, 0.25) is 0 Å². The summed E-state index contributed by atoms with van der Waals surface area (Å²) in [5.74, 6) is -0.145. The Balaban J connectivity index is 2.17. The van der Waals surface area contributed by atoms with E-state index in [1.807, 2.05) is 24.3 Å². The van der Waals surface area contributed by atoms with Gasteiger partial charge in [0.2, 0.25) is 0 Å². The van der Waals surface area contributed by atoms with Crippen molar-refractivity contribution >= 4 is 43.9 Å².